The maximum absolute atomic E-state index is 10.4. The van der Waals surface area contributed by atoms with E-state index in [4.69, 9.17) is 15.6 Å². The molecule has 1 fully saturated rings. The van der Waals surface area contributed by atoms with E-state index in [0.29, 0.717) is 13.0 Å². The summed E-state index contributed by atoms with van der Waals surface area (Å²) in [4.78, 5) is 10.4. The number of carboxylic acid groups (broad SMARTS) is 1. The molecule has 1 rings (SSSR count). The van der Waals surface area contributed by atoms with E-state index in [0.717, 1.165) is 0 Å². The Bertz CT molecular complexity index is 137. The second-order valence-electron chi connectivity index (χ2n) is 2.47. The molecule has 0 aromatic carbocycles. The first kappa shape index (κ1) is 7.50. The molecule has 4 nitrogen and oxygen atoms in total. The third-order valence-corrected chi connectivity index (χ3v) is 1.73. The molecule has 0 aromatic rings. The maximum atomic E-state index is 10.4. The first-order valence-corrected chi connectivity index (χ1v) is 3.28. The van der Waals surface area contributed by atoms with Gasteiger partial charge in [0.25, 0.3) is 0 Å². The summed E-state index contributed by atoms with van der Waals surface area (Å²) in [5.41, 5.74) is 5.52. The van der Waals surface area contributed by atoms with E-state index in [-0.39, 0.29) is 12.6 Å². The Morgan fingerprint density at radius 1 is 1.70 bits per heavy atom. The lowest BCUT2D eigenvalue weighted by Crippen LogP contribution is -2.42. The van der Waals surface area contributed by atoms with Crippen LogP contribution < -0.4 is 5.73 Å². The van der Waals surface area contributed by atoms with Gasteiger partial charge in [0.15, 0.2) is 0 Å². The van der Waals surface area contributed by atoms with Gasteiger partial charge in [-0.15, -0.1) is 0 Å². The van der Waals surface area contributed by atoms with Crippen LogP contribution in [0.4, 0.5) is 0 Å². The molecule has 0 bridgehead atoms. The highest BCUT2D eigenvalue weighted by Crippen LogP contribution is 2.12. The van der Waals surface area contributed by atoms with Crippen LogP contribution in [-0.2, 0) is 9.53 Å². The van der Waals surface area contributed by atoms with Gasteiger partial charge in [-0.1, -0.05) is 0 Å². The Kier molecular flexibility index (Phi) is 2.24. The summed E-state index contributed by atoms with van der Waals surface area (Å²) in [7, 11) is 0. The van der Waals surface area contributed by atoms with Gasteiger partial charge < -0.3 is 15.6 Å². The Hall–Kier alpha value is -0.610. The van der Waals surface area contributed by atoms with Crippen molar-refractivity contribution in [1.29, 1.82) is 0 Å². The van der Waals surface area contributed by atoms with Crippen molar-refractivity contribution < 1.29 is 14.6 Å². The van der Waals surface area contributed by atoms with Gasteiger partial charge in [-0.2, -0.15) is 0 Å². The van der Waals surface area contributed by atoms with E-state index in [1.54, 1.807) is 0 Å². The summed E-state index contributed by atoms with van der Waals surface area (Å²) >= 11 is 0. The zero-order chi connectivity index (χ0) is 7.56. The van der Waals surface area contributed by atoms with Crippen molar-refractivity contribution in [3.63, 3.8) is 0 Å². The maximum Gasteiger partial charge on any atom is 0.310 e. The molecule has 0 unspecified atom stereocenters. The Labute approximate surface area is 59.0 Å². The molecular formula is C6H11NO3. The van der Waals surface area contributed by atoms with Gasteiger partial charge in [-0.25, -0.2) is 0 Å². The van der Waals surface area contributed by atoms with Crippen molar-refractivity contribution in [3.8, 4) is 0 Å². The second kappa shape index (κ2) is 2.98. The molecule has 0 radical (unpaired) electrons. The minimum Gasteiger partial charge on any atom is -0.481 e. The first-order chi connectivity index (χ1) is 4.72. The zero-order valence-corrected chi connectivity index (χ0v) is 5.62. The quantitative estimate of drug-likeness (QED) is 0.518. The fourth-order valence-electron chi connectivity index (χ4n) is 1.01. The topological polar surface area (TPSA) is 72.5 Å². The lowest BCUT2D eigenvalue weighted by atomic mass is 9.97. The summed E-state index contributed by atoms with van der Waals surface area (Å²) in [5.74, 6) is -1.36. The van der Waals surface area contributed by atoms with Crippen LogP contribution in [-0.4, -0.2) is 30.3 Å². The van der Waals surface area contributed by atoms with Crippen molar-refractivity contribution in [3.05, 3.63) is 0 Å². The summed E-state index contributed by atoms with van der Waals surface area (Å²) in [6, 6.07) is -0.230. The lowest BCUT2D eigenvalue weighted by Gasteiger charge is -2.24. The number of carboxylic acids is 1. The van der Waals surface area contributed by atoms with Gasteiger partial charge in [0.2, 0.25) is 0 Å². The van der Waals surface area contributed by atoms with Crippen LogP contribution in [0.3, 0.4) is 0 Å². The third kappa shape index (κ3) is 1.46. The lowest BCUT2D eigenvalue weighted by molar-refractivity contribution is -0.146. The molecule has 1 aliphatic rings. The zero-order valence-electron chi connectivity index (χ0n) is 5.62. The van der Waals surface area contributed by atoms with Crippen LogP contribution in [0.5, 0.6) is 0 Å². The molecule has 0 saturated carbocycles. The average molecular weight is 145 g/mol. The smallest absolute Gasteiger partial charge is 0.310 e. The minimum atomic E-state index is -0.854. The van der Waals surface area contributed by atoms with E-state index in [1.165, 1.54) is 0 Å². The first-order valence-electron chi connectivity index (χ1n) is 3.28. The minimum absolute atomic E-state index is 0.230. The van der Waals surface area contributed by atoms with E-state index >= 15 is 0 Å². The number of rotatable bonds is 1. The van der Waals surface area contributed by atoms with Crippen molar-refractivity contribution in [2.45, 2.75) is 12.5 Å². The van der Waals surface area contributed by atoms with Crippen molar-refractivity contribution in [2.75, 3.05) is 13.2 Å². The standard InChI is InChI=1S/C6H11NO3/c7-5-1-2-10-3-4(5)6(8)9/h4-5H,1-3,7H2,(H,8,9)/t4-,5+/m0/s1. The average Bonchev–Trinajstić information content (AvgIpc) is 1.88. The number of nitrogens with two attached hydrogens (primary N) is 1. The number of hydrogen-bond acceptors (Lipinski definition) is 3. The molecule has 4 heteroatoms. The van der Waals surface area contributed by atoms with Crippen LogP contribution in [0.1, 0.15) is 6.42 Å². The molecule has 0 amide bonds. The predicted octanol–water partition coefficient (Wildman–Crippen LogP) is -0.565. The van der Waals surface area contributed by atoms with E-state index in [2.05, 4.69) is 0 Å². The molecule has 1 saturated heterocycles. The Morgan fingerprint density at radius 3 is 2.80 bits per heavy atom. The van der Waals surface area contributed by atoms with E-state index < -0.39 is 11.9 Å². The normalized spacial score (nSPS) is 33.7. The Morgan fingerprint density at radius 2 is 2.40 bits per heavy atom. The molecular weight excluding hydrogens is 134 g/mol. The number of aliphatic carboxylic acids is 1. The van der Waals surface area contributed by atoms with Crippen molar-refractivity contribution >= 4 is 5.97 Å². The van der Waals surface area contributed by atoms with Gasteiger partial charge in [0.1, 0.15) is 0 Å². The highest BCUT2D eigenvalue weighted by Gasteiger charge is 2.28. The van der Waals surface area contributed by atoms with Gasteiger partial charge >= 0.3 is 5.97 Å². The van der Waals surface area contributed by atoms with Gasteiger partial charge in [0, 0.05) is 12.6 Å². The van der Waals surface area contributed by atoms with Crippen molar-refractivity contribution in [1.82, 2.24) is 0 Å². The third-order valence-electron chi connectivity index (χ3n) is 1.73. The molecule has 0 aromatic heterocycles. The summed E-state index contributed by atoms with van der Waals surface area (Å²) < 4.78 is 4.95. The SMILES string of the molecule is N[C@@H]1CCOC[C@@H]1C(=O)O. The number of hydrogen-bond donors (Lipinski definition) is 2. The molecule has 1 aliphatic heterocycles. The molecule has 3 N–H and O–H groups in total. The predicted molar refractivity (Wildman–Crippen MR) is 34.5 cm³/mol. The van der Waals surface area contributed by atoms with Crippen LogP contribution in [0, 0.1) is 5.92 Å². The van der Waals surface area contributed by atoms with Gasteiger partial charge in [-0.3, -0.25) is 4.79 Å². The summed E-state index contributed by atoms with van der Waals surface area (Å²) in [6.45, 7) is 0.849. The highest BCUT2D eigenvalue weighted by molar-refractivity contribution is 5.71. The Balaban J connectivity index is 2.47. The second-order valence-corrected chi connectivity index (χ2v) is 2.47. The molecule has 1 heterocycles. The van der Waals surface area contributed by atoms with Crippen LogP contribution in [0.25, 0.3) is 0 Å². The van der Waals surface area contributed by atoms with Crippen LogP contribution in [0.15, 0.2) is 0 Å². The number of ether oxygens (including phenoxy) is 1. The fourth-order valence-corrected chi connectivity index (χ4v) is 1.01. The summed E-state index contributed by atoms with van der Waals surface area (Å²) in [6.07, 6.45) is 0.650. The molecule has 2 atom stereocenters. The number of carbonyl (C=O) groups is 1. The van der Waals surface area contributed by atoms with E-state index in [9.17, 15) is 4.79 Å². The highest BCUT2D eigenvalue weighted by atomic mass is 16.5. The van der Waals surface area contributed by atoms with E-state index in [1.807, 2.05) is 0 Å². The van der Waals surface area contributed by atoms with Crippen LogP contribution in [0.2, 0.25) is 0 Å². The fraction of sp³-hybridized carbons (Fsp3) is 0.833. The molecule has 0 aliphatic carbocycles. The molecule has 0 spiro atoms. The monoisotopic (exact) mass is 145 g/mol. The van der Waals surface area contributed by atoms with Gasteiger partial charge in [0.05, 0.1) is 12.5 Å². The van der Waals surface area contributed by atoms with Crippen LogP contribution >= 0.6 is 0 Å². The van der Waals surface area contributed by atoms with Gasteiger partial charge in [-0.05, 0) is 6.42 Å². The largest absolute Gasteiger partial charge is 0.481 e. The molecule has 10 heavy (non-hydrogen) atoms. The van der Waals surface area contributed by atoms with Crippen molar-refractivity contribution in [2.24, 2.45) is 11.7 Å². The molecule has 58 valence electrons. The summed E-state index contributed by atoms with van der Waals surface area (Å²) in [5, 5.41) is 8.55.